The first-order valence-corrected chi connectivity index (χ1v) is 11.5. The van der Waals surface area contributed by atoms with Crippen LogP contribution in [0.15, 0.2) is 84.9 Å². The first kappa shape index (κ1) is 23.2. The second kappa shape index (κ2) is 10.8. The molecule has 0 bridgehead atoms. The molecule has 0 radical (unpaired) electrons. The number of hydrogen-bond donors (Lipinski definition) is 2. The highest BCUT2D eigenvalue weighted by Gasteiger charge is 2.09. The van der Waals surface area contributed by atoms with Crippen molar-refractivity contribution in [3.05, 3.63) is 107 Å². The molecule has 4 heteroatoms. The fraction of sp³-hybridized carbons (Fsp3) is 0.200. The summed E-state index contributed by atoms with van der Waals surface area (Å²) in [7, 11) is 3.32. The van der Waals surface area contributed by atoms with Crippen LogP contribution in [-0.4, -0.2) is 24.4 Å². The van der Waals surface area contributed by atoms with Gasteiger partial charge in [0.2, 0.25) is 0 Å². The number of aryl methyl sites for hydroxylation is 4. The van der Waals surface area contributed by atoms with Crippen molar-refractivity contribution in [3.63, 3.8) is 0 Å². The quantitative estimate of drug-likeness (QED) is 0.309. The van der Waals surface area contributed by atoms with Gasteiger partial charge in [-0.15, -0.1) is 0 Å². The van der Waals surface area contributed by atoms with Gasteiger partial charge in [-0.05, 0) is 95.5 Å². The molecule has 0 aromatic heterocycles. The van der Waals surface area contributed by atoms with E-state index < -0.39 is 0 Å². The Balaban J connectivity index is 1.42. The van der Waals surface area contributed by atoms with Crippen molar-refractivity contribution in [3.8, 4) is 34.1 Å². The van der Waals surface area contributed by atoms with E-state index in [9.17, 15) is 10.2 Å². The van der Waals surface area contributed by atoms with Crippen LogP contribution in [0.3, 0.4) is 0 Å². The molecule has 2 N–H and O–H groups in total. The summed E-state index contributed by atoms with van der Waals surface area (Å²) in [6.07, 6.45) is 3.08. The third-order valence-electron chi connectivity index (χ3n) is 6.14. The maximum atomic E-state index is 10.6. The summed E-state index contributed by atoms with van der Waals surface area (Å²) in [5, 5.41) is 21.2. The maximum Gasteiger partial charge on any atom is 0.119 e. The Morgan fingerprint density at radius 2 is 0.971 bits per heavy atom. The van der Waals surface area contributed by atoms with Gasteiger partial charge in [-0.25, -0.2) is 0 Å². The minimum atomic E-state index is 0.266. The van der Waals surface area contributed by atoms with Crippen LogP contribution < -0.4 is 9.47 Å². The van der Waals surface area contributed by atoms with Gasteiger partial charge in [0, 0.05) is 0 Å². The van der Waals surface area contributed by atoms with Crippen molar-refractivity contribution in [2.24, 2.45) is 0 Å². The Kier molecular flexibility index (Phi) is 7.38. The topological polar surface area (TPSA) is 58.9 Å². The molecule has 0 amide bonds. The lowest BCUT2D eigenvalue weighted by Crippen LogP contribution is -1.94. The number of benzene rings is 4. The second-order valence-electron chi connectivity index (χ2n) is 8.39. The summed E-state index contributed by atoms with van der Waals surface area (Å²) in [5.74, 6) is 2.21. The summed E-state index contributed by atoms with van der Waals surface area (Å²) in [5.41, 5.74) is 5.86. The van der Waals surface area contributed by atoms with E-state index in [0.717, 1.165) is 70.6 Å². The molecule has 0 fully saturated rings. The highest BCUT2D eigenvalue weighted by atomic mass is 16.5. The van der Waals surface area contributed by atoms with Gasteiger partial charge >= 0.3 is 0 Å². The van der Waals surface area contributed by atoms with E-state index >= 15 is 0 Å². The van der Waals surface area contributed by atoms with Crippen LogP contribution in [0, 0.1) is 0 Å². The summed E-state index contributed by atoms with van der Waals surface area (Å²) in [4.78, 5) is 0. The molecule has 34 heavy (non-hydrogen) atoms. The van der Waals surface area contributed by atoms with Gasteiger partial charge in [0.25, 0.3) is 0 Å². The smallest absolute Gasteiger partial charge is 0.119 e. The lowest BCUT2D eigenvalue weighted by atomic mass is 9.97. The molecule has 174 valence electrons. The summed E-state index contributed by atoms with van der Waals surface area (Å²) in [6.45, 7) is 0. The lowest BCUT2D eigenvalue weighted by Gasteiger charge is -2.11. The Bertz CT molecular complexity index is 1160. The van der Waals surface area contributed by atoms with Crippen molar-refractivity contribution >= 4 is 0 Å². The van der Waals surface area contributed by atoms with E-state index in [1.807, 2.05) is 60.7 Å². The van der Waals surface area contributed by atoms with Crippen molar-refractivity contribution in [1.29, 1.82) is 0 Å². The fourth-order valence-electron chi connectivity index (χ4n) is 4.12. The molecule has 4 nitrogen and oxygen atoms in total. The first-order valence-electron chi connectivity index (χ1n) is 11.5. The predicted molar refractivity (Wildman–Crippen MR) is 136 cm³/mol. The molecule has 0 atom stereocenters. The van der Waals surface area contributed by atoms with Crippen LogP contribution >= 0.6 is 0 Å². The second-order valence-corrected chi connectivity index (χ2v) is 8.39. The molecule has 0 aliphatic carbocycles. The van der Waals surface area contributed by atoms with E-state index in [2.05, 4.69) is 12.1 Å². The molecule has 0 saturated heterocycles. The van der Waals surface area contributed by atoms with Crippen LogP contribution in [0.25, 0.3) is 11.1 Å². The van der Waals surface area contributed by atoms with Crippen LogP contribution in [0.5, 0.6) is 23.0 Å². The Hall–Kier alpha value is -3.92. The van der Waals surface area contributed by atoms with Crippen LogP contribution in [0.4, 0.5) is 0 Å². The van der Waals surface area contributed by atoms with Gasteiger partial charge in [-0.3, -0.25) is 0 Å². The highest BCUT2D eigenvalue weighted by molar-refractivity contribution is 5.68. The van der Waals surface area contributed by atoms with Crippen LogP contribution in [0.1, 0.15) is 22.3 Å². The number of phenols is 2. The zero-order chi connectivity index (χ0) is 23.9. The number of aromatic hydroxyl groups is 2. The molecule has 4 aromatic rings. The van der Waals surface area contributed by atoms with Gasteiger partial charge in [0.15, 0.2) is 0 Å². The number of rotatable bonds is 9. The zero-order valence-electron chi connectivity index (χ0n) is 19.6. The van der Waals surface area contributed by atoms with Crippen molar-refractivity contribution < 1.29 is 19.7 Å². The van der Waals surface area contributed by atoms with Gasteiger partial charge in [0.1, 0.15) is 23.0 Å². The third kappa shape index (κ3) is 5.70. The molecule has 0 spiro atoms. The largest absolute Gasteiger partial charge is 0.508 e. The summed E-state index contributed by atoms with van der Waals surface area (Å²) >= 11 is 0. The molecular formula is C30H30O4. The standard InChI is InChI=1S/C30H30O4/c1-33-27-7-3-5-21(17-27)9-11-23-13-15-25(19-29(23)31)26-16-14-24(30(32)20-26)12-10-22-6-4-8-28(18-22)34-2/h3-8,13-20,31-32H,9-12H2,1-2H3. The highest BCUT2D eigenvalue weighted by Crippen LogP contribution is 2.31. The average Bonchev–Trinajstić information content (AvgIpc) is 2.87. The molecule has 0 saturated carbocycles. The third-order valence-corrected chi connectivity index (χ3v) is 6.14. The van der Waals surface area contributed by atoms with Gasteiger partial charge in [0.05, 0.1) is 14.2 Å². The Morgan fingerprint density at radius 3 is 1.35 bits per heavy atom. The van der Waals surface area contributed by atoms with Crippen molar-refractivity contribution in [1.82, 2.24) is 0 Å². The number of ether oxygens (including phenoxy) is 2. The monoisotopic (exact) mass is 454 g/mol. The average molecular weight is 455 g/mol. The molecule has 0 aliphatic heterocycles. The maximum absolute atomic E-state index is 10.6. The molecule has 4 aromatic carbocycles. The molecule has 0 aliphatic rings. The van der Waals surface area contributed by atoms with E-state index in [1.165, 1.54) is 0 Å². The Labute approximate surface area is 201 Å². The van der Waals surface area contributed by atoms with E-state index in [0.29, 0.717) is 0 Å². The minimum absolute atomic E-state index is 0.266. The molecular weight excluding hydrogens is 424 g/mol. The first-order chi connectivity index (χ1) is 16.6. The number of methoxy groups -OCH3 is 2. The normalized spacial score (nSPS) is 10.8. The number of hydrogen-bond acceptors (Lipinski definition) is 4. The molecule has 0 unspecified atom stereocenters. The van der Waals surface area contributed by atoms with Crippen molar-refractivity contribution in [2.45, 2.75) is 25.7 Å². The van der Waals surface area contributed by atoms with E-state index in [1.54, 1.807) is 26.4 Å². The zero-order valence-corrected chi connectivity index (χ0v) is 19.6. The molecule has 0 heterocycles. The van der Waals surface area contributed by atoms with Crippen LogP contribution in [-0.2, 0) is 25.7 Å². The lowest BCUT2D eigenvalue weighted by molar-refractivity contribution is 0.414. The number of phenolic OH excluding ortho intramolecular Hbond substituents is 2. The Morgan fingerprint density at radius 1 is 0.529 bits per heavy atom. The van der Waals surface area contributed by atoms with Gasteiger partial charge in [-0.1, -0.05) is 48.5 Å². The van der Waals surface area contributed by atoms with Gasteiger partial charge < -0.3 is 19.7 Å². The van der Waals surface area contributed by atoms with Crippen molar-refractivity contribution in [2.75, 3.05) is 14.2 Å². The van der Waals surface area contributed by atoms with E-state index in [-0.39, 0.29) is 11.5 Å². The summed E-state index contributed by atoms with van der Waals surface area (Å²) in [6, 6.07) is 27.4. The fourth-order valence-corrected chi connectivity index (χ4v) is 4.12. The van der Waals surface area contributed by atoms with Gasteiger partial charge in [-0.2, -0.15) is 0 Å². The SMILES string of the molecule is COc1cccc(CCc2ccc(-c3ccc(CCc4cccc(OC)c4)c(O)c3)cc2O)c1. The minimum Gasteiger partial charge on any atom is -0.508 e. The molecule has 4 rings (SSSR count). The van der Waals surface area contributed by atoms with Crippen LogP contribution in [0.2, 0.25) is 0 Å². The summed E-state index contributed by atoms with van der Waals surface area (Å²) < 4.78 is 10.6. The predicted octanol–water partition coefficient (Wildman–Crippen LogP) is 6.35. The van der Waals surface area contributed by atoms with E-state index in [4.69, 9.17) is 9.47 Å².